The van der Waals surface area contributed by atoms with Gasteiger partial charge in [-0.3, -0.25) is 0 Å². The van der Waals surface area contributed by atoms with Crippen molar-refractivity contribution in [3.63, 3.8) is 0 Å². The third-order valence-corrected chi connectivity index (χ3v) is 5.73. The third kappa shape index (κ3) is 3.31. The molecule has 1 aliphatic rings. The Hall–Kier alpha value is 0.01000. The van der Waals surface area contributed by atoms with Crippen LogP contribution in [0.15, 0.2) is 28.7 Å². The molecule has 2 rings (SSSR count). The molecule has 1 unspecified atom stereocenters. The zero-order chi connectivity index (χ0) is 13.2. The smallest absolute Gasteiger partial charge is 0.0306 e. The van der Waals surface area contributed by atoms with Crippen molar-refractivity contribution in [1.82, 2.24) is 5.32 Å². The fourth-order valence-corrected chi connectivity index (χ4v) is 4.68. The Morgan fingerprint density at radius 2 is 2.11 bits per heavy atom. The quantitative estimate of drug-likeness (QED) is 0.868. The van der Waals surface area contributed by atoms with Crippen LogP contribution >= 0.6 is 27.7 Å². The molecule has 18 heavy (non-hydrogen) atoms. The molecule has 0 spiro atoms. The number of hydrogen-bond acceptors (Lipinski definition) is 2. The van der Waals surface area contributed by atoms with Crippen LogP contribution in [0.25, 0.3) is 0 Å². The highest BCUT2D eigenvalue weighted by Crippen LogP contribution is 2.36. The minimum atomic E-state index is 0.392. The molecule has 1 N–H and O–H groups in total. The molecule has 2 atom stereocenters. The van der Waals surface area contributed by atoms with Crippen LogP contribution in [0.2, 0.25) is 0 Å². The molecule has 1 aliphatic heterocycles. The van der Waals surface area contributed by atoms with Crippen molar-refractivity contribution >= 4 is 27.7 Å². The fraction of sp³-hybridized carbons (Fsp3) is 0.600. The van der Waals surface area contributed by atoms with Gasteiger partial charge < -0.3 is 5.32 Å². The van der Waals surface area contributed by atoms with Gasteiger partial charge in [0.15, 0.2) is 0 Å². The summed E-state index contributed by atoms with van der Waals surface area (Å²) >= 11 is 5.72. The van der Waals surface area contributed by atoms with Crippen molar-refractivity contribution in [2.45, 2.75) is 39.3 Å². The van der Waals surface area contributed by atoms with Gasteiger partial charge in [-0.15, -0.1) is 0 Å². The molecule has 100 valence electrons. The first-order valence-electron chi connectivity index (χ1n) is 6.59. The summed E-state index contributed by atoms with van der Waals surface area (Å²) in [5.74, 6) is 2.52. The summed E-state index contributed by atoms with van der Waals surface area (Å²) in [6.07, 6.45) is 1.30. The third-order valence-electron chi connectivity index (χ3n) is 3.94. The first kappa shape index (κ1) is 14.4. The highest BCUT2D eigenvalue weighted by atomic mass is 79.9. The topological polar surface area (TPSA) is 12.0 Å². The van der Waals surface area contributed by atoms with Crippen molar-refractivity contribution in [2.24, 2.45) is 5.41 Å². The Morgan fingerprint density at radius 3 is 2.78 bits per heavy atom. The molecule has 1 aromatic carbocycles. The summed E-state index contributed by atoms with van der Waals surface area (Å²) in [7, 11) is 0. The van der Waals surface area contributed by atoms with Gasteiger partial charge in [0.25, 0.3) is 0 Å². The van der Waals surface area contributed by atoms with Crippen LogP contribution in [-0.2, 0) is 0 Å². The molecule has 0 amide bonds. The average molecular weight is 328 g/mol. The molecule has 1 aromatic rings. The van der Waals surface area contributed by atoms with Crippen LogP contribution in [0.1, 0.15) is 38.8 Å². The van der Waals surface area contributed by atoms with E-state index in [9.17, 15) is 0 Å². The molecule has 1 fully saturated rings. The molecule has 3 heteroatoms. The second-order valence-corrected chi connectivity index (χ2v) is 7.78. The maximum Gasteiger partial charge on any atom is 0.0306 e. The van der Waals surface area contributed by atoms with Crippen molar-refractivity contribution in [3.8, 4) is 0 Å². The lowest BCUT2D eigenvalue weighted by Crippen LogP contribution is -2.47. The van der Waals surface area contributed by atoms with E-state index in [-0.39, 0.29) is 0 Å². The van der Waals surface area contributed by atoms with Crippen LogP contribution in [0.3, 0.4) is 0 Å². The predicted octanol–water partition coefficient (Wildman–Crippen LogP) is 4.63. The molecular formula is C15H22BrNS. The Labute approximate surface area is 123 Å². The highest BCUT2D eigenvalue weighted by molar-refractivity contribution is 9.10. The number of thioether (sulfide) groups is 1. The predicted molar refractivity (Wildman–Crippen MR) is 85.2 cm³/mol. The van der Waals surface area contributed by atoms with E-state index in [0.717, 1.165) is 0 Å². The van der Waals surface area contributed by atoms with E-state index >= 15 is 0 Å². The van der Waals surface area contributed by atoms with E-state index in [1.54, 1.807) is 0 Å². The number of benzene rings is 1. The lowest BCUT2D eigenvalue weighted by molar-refractivity contribution is 0.232. The zero-order valence-corrected chi connectivity index (χ0v) is 13.8. The van der Waals surface area contributed by atoms with E-state index in [1.807, 2.05) is 0 Å². The fourth-order valence-electron chi connectivity index (χ4n) is 2.43. The van der Waals surface area contributed by atoms with Gasteiger partial charge in [0.05, 0.1) is 0 Å². The van der Waals surface area contributed by atoms with Gasteiger partial charge in [-0.1, -0.05) is 48.0 Å². The number of hydrogen-bond donors (Lipinski definition) is 1. The van der Waals surface area contributed by atoms with Gasteiger partial charge in [0.1, 0.15) is 0 Å². The standard InChI is InChI=1S/C15H22BrNS/c1-11(12-6-4-5-7-13(12)16)17-14-10-18-9-8-15(14,2)3/h4-7,11,14,17H,8-10H2,1-3H3/t11-,14?/m1/s1. The molecule has 0 saturated carbocycles. The molecule has 0 aliphatic carbocycles. The van der Waals surface area contributed by atoms with E-state index in [4.69, 9.17) is 0 Å². The molecule has 1 saturated heterocycles. The lowest BCUT2D eigenvalue weighted by atomic mass is 9.81. The van der Waals surface area contributed by atoms with E-state index in [0.29, 0.717) is 17.5 Å². The Balaban J connectivity index is 2.07. The first-order chi connectivity index (χ1) is 8.50. The van der Waals surface area contributed by atoms with E-state index in [1.165, 1.54) is 28.0 Å². The minimum Gasteiger partial charge on any atom is -0.306 e. The number of nitrogens with one attached hydrogen (secondary N) is 1. The minimum absolute atomic E-state index is 0.392. The zero-order valence-electron chi connectivity index (χ0n) is 11.4. The molecule has 1 heterocycles. The van der Waals surface area contributed by atoms with Crippen molar-refractivity contribution in [2.75, 3.05) is 11.5 Å². The maximum absolute atomic E-state index is 3.82. The molecule has 0 radical (unpaired) electrons. The van der Waals surface area contributed by atoms with Gasteiger partial charge in [-0.25, -0.2) is 0 Å². The monoisotopic (exact) mass is 327 g/mol. The largest absolute Gasteiger partial charge is 0.306 e. The average Bonchev–Trinajstić information content (AvgIpc) is 2.32. The van der Waals surface area contributed by atoms with Gasteiger partial charge >= 0.3 is 0 Å². The first-order valence-corrected chi connectivity index (χ1v) is 8.54. The molecular weight excluding hydrogens is 306 g/mol. The van der Waals surface area contributed by atoms with Gasteiger partial charge in [0, 0.05) is 22.3 Å². The summed E-state index contributed by atoms with van der Waals surface area (Å²) < 4.78 is 1.20. The summed E-state index contributed by atoms with van der Waals surface area (Å²) in [5.41, 5.74) is 1.75. The second-order valence-electron chi connectivity index (χ2n) is 5.78. The summed E-state index contributed by atoms with van der Waals surface area (Å²) in [5, 5.41) is 3.82. The highest BCUT2D eigenvalue weighted by Gasteiger charge is 2.33. The summed E-state index contributed by atoms with van der Waals surface area (Å²) in [6, 6.07) is 9.49. The van der Waals surface area contributed by atoms with Gasteiger partial charge in [-0.2, -0.15) is 11.8 Å². The van der Waals surface area contributed by atoms with Crippen molar-refractivity contribution < 1.29 is 0 Å². The Kier molecular flexibility index (Phi) is 4.79. The second kappa shape index (κ2) is 5.98. The van der Waals surface area contributed by atoms with E-state index in [2.05, 4.69) is 78.0 Å². The van der Waals surface area contributed by atoms with Crippen LogP contribution in [0.5, 0.6) is 0 Å². The van der Waals surface area contributed by atoms with Gasteiger partial charge in [0.2, 0.25) is 0 Å². The lowest BCUT2D eigenvalue weighted by Gasteiger charge is -2.40. The molecule has 0 bridgehead atoms. The SMILES string of the molecule is C[C@@H](NC1CSCCC1(C)C)c1ccccc1Br. The Bertz CT molecular complexity index is 405. The molecule has 1 nitrogen and oxygen atoms in total. The normalized spacial score (nSPS) is 24.8. The van der Waals surface area contributed by atoms with Crippen LogP contribution < -0.4 is 5.32 Å². The molecule has 0 aromatic heterocycles. The van der Waals surface area contributed by atoms with Crippen LogP contribution in [-0.4, -0.2) is 17.5 Å². The van der Waals surface area contributed by atoms with E-state index < -0.39 is 0 Å². The van der Waals surface area contributed by atoms with Crippen LogP contribution in [0, 0.1) is 5.41 Å². The van der Waals surface area contributed by atoms with Crippen LogP contribution in [0.4, 0.5) is 0 Å². The Morgan fingerprint density at radius 1 is 1.39 bits per heavy atom. The summed E-state index contributed by atoms with van der Waals surface area (Å²) in [6.45, 7) is 7.03. The summed E-state index contributed by atoms with van der Waals surface area (Å²) in [4.78, 5) is 0. The van der Waals surface area contributed by atoms with Crippen molar-refractivity contribution in [1.29, 1.82) is 0 Å². The maximum atomic E-state index is 3.82. The number of rotatable bonds is 3. The van der Waals surface area contributed by atoms with Gasteiger partial charge in [-0.05, 0) is 36.1 Å². The number of halogens is 1. The van der Waals surface area contributed by atoms with Crippen molar-refractivity contribution in [3.05, 3.63) is 34.3 Å².